The Hall–Kier alpha value is -3.11. The van der Waals surface area contributed by atoms with E-state index < -0.39 is 11.7 Å². The first-order valence-corrected chi connectivity index (χ1v) is 13.1. The van der Waals surface area contributed by atoms with Crippen LogP contribution in [0, 0.1) is 6.92 Å². The van der Waals surface area contributed by atoms with Crippen molar-refractivity contribution in [2.75, 3.05) is 20.1 Å². The van der Waals surface area contributed by atoms with Crippen LogP contribution in [-0.2, 0) is 17.5 Å². The second kappa shape index (κ2) is 9.02. The summed E-state index contributed by atoms with van der Waals surface area (Å²) >= 11 is 1.43. The zero-order chi connectivity index (χ0) is 25.9. The minimum atomic E-state index is -4.43. The maximum atomic E-state index is 13.6. The first kappa shape index (κ1) is 24.2. The molecule has 1 amide bonds. The third kappa shape index (κ3) is 4.57. The fourth-order valence-electron chi connectivity index (χ4n) is 5.66. The zero-order valence-corrected chi connectivity index (χ0v) is 21.3. The molecule has 0 aliphatic carbocycles. The molecule has 0 radical (unpaired) electrons. The van der Waals surface area contributed by atoms with Gasteiger partial charge in [0, 0.05) is 30.6 Å². The molecule has 0 unspecified atom stereocenters. The van der Waals surface area contributed by atoms with Crippen LogP contribution in [0.3, 0.4) is 0 Å². The van der Waals surface area contributed by atoms with Gasteiger partial charge in [-0.2, -0.15) is 23.3 Å². The third-order valence-corrected chi connectivity index (χ3v) is 8.35. The van der Waals surface area contributed by atoms with Crippen molar-refractivity contribution in [1.82, 2.24) is 19.6 Å². The lowest BCUT2D eigenvalue weighted by Crippen LogP contribution is -2.53. The zero-order valence-electron chi connectivity index (χ0n) is 20.5. The van der Waals surface area contributed by atoms with Gasteiger partial charge in [-0.05, 0) is 74.0 Å². The molecule has 4 heterocycles. The summed E-state index contributed by atoms with van der Waals surface area (Å²) in [6.45, 7) is 3.63. The highest BCUT2D eigenvalue weighted by atomic mass is 32.2. The van der Waals surface area contributed by atoms with Crippen LogP contribution in [0.5, 0.6) is 0 Å². The highest BCUT2D eigenvalue weighted by molar-refractivity contribution is 8.18. The lowest BCUT2D eigenvalue weighted by molar-refractivity contribution is -0.138. The molecule has 3 aliphatic rings. The molecule has 0 saturated carbocycles. The number of hydrogen-bond donors (Lipinski definition) is 0. The Bertz CT molecular complexity index is 1450. The fourth-order valence-corrected chi connectivity index (χ4v) is 6.72. The van der Waals surface area contributed by atoms with Crippen LogP contribution < -0.4 is 0 Å². The molecule has 0 spiro atoms. The van der Waals surface area contributed by atoms with E-state index in [0.29, 0.717) is 22.6 Å². The molecule has 1 aromatic heterocycles. The van der Waals surface area contributed by atoms with Crippen molar-refractivity contribution in [1.29, 1.82) is 0 Å². The molecule has 2 atom stereocenters. The number of hydrogen-bond acceptors (Lipinski definition) is 5. The number of carbonyl (C=O) groups is 1. The topological polar surface area (TPSA) is 53.7 Å². The summed E-state index contributed by atoms with van der Waals surface area (Å²) in [5.41, 5.74) is 1.65. The van der Waals surface area contributed by atoms with Gasteiger partial charge in [0.1, 0.15) is 0 Å². The van der Waals surface area contributed by atoms with Gasteiger partial charge in [0.15, 0.2) is 5.17 Å². The van der Waals surface area contributed by atoms with Gasteiger partial charge in [-0.25, -0.2) is 0 Å². The molecule has 0 N–H and O–H groups in total. The highest BCUT2D eigenvalue weighted by Gasteiger charge is 2.43. The van der Waals surface area contributed by atoms with Gasteiger partial charge in [-0.3, -0.25) is 9.48 Å². The number of aromatic nitrogens is 2. The maximum absolute atomic E-state index is 13.6. The number of benzene rings is 2. The molecule has 192 valence electrons. The van der Waals surface area contributed by atoms with Crippen molar-refractivity contribution in [3.05, 3.63) is 69.8 Å². The second-order valence-corrected chi connectivity index (χ2v) is 11.1. The van der Waals surface area contributed by atoms with Crippen LogP contribution in [0.4, 0.5) is 13.2 Å². The molecule has 2 saturated heterocycles. The van der Waals surface area contributed by atoms with Crippen molar-refractivity contribution >= 4 is 39.8 Å². The molecular weight excluding hydrogens is 499 g/mol. The quantitative estimate of drug-likeness (QED) is 0.442. The predicted octanol–water partition coefficient (Wildman–Crippen LogP) is 5.16. The second-order valence-electron chi connectivity index (χ2n) is 10.1. The number of fused-ring (bicyclic) bond motifs is 3. The van der Waals surface area contributed by atoms with E-state index in [-0.39, 0.29) is 18.0 Å². The molecule has 2 bridgehead atoms. The van der Waals surface area contributed by atoms with Crippen LogP contribution in [0.25, 0.3) is 17.0 Å². The number of halogens is 3. The average molecular weight is 526 g/mol. The van der Waals surface area contributed by atoms with Crippen molar-refractivity contribution in [2.24, 2.45) is 4.99 Å². The number of carbonyl (C=O) groups excluding carboxylic acids is 1. The SMILES string of the molecule is Cc1ccc(Cn2ncc3cc(/C=C4\SC(N5[C@@H]6CC[C@H]5CN(C)C6)=NC4=O)ccc32)c(C(F)(F)F)c1. The van der Waals surface area contributed by atoms with Crippen molar-refractivity contribution in [2.45, 2.75) is 44.6 Å². The molecule has 3 aromatic rings. The number of aliphatic imine (C=N–C) groups is 1. The monoisotopic (exact) mass is 525 g/mol. The smallest absolute Gasteiger partial charge is 0.342 e. The van der Waals surface area contributed by atoms with Crippen molar-refractivity contribution in [3.8, 4) is 0 Å². The van der Waals surface area contributed by atoms with Gasteiger partial charge in [0.05, 0.1) is 28.7 Å². The number of aryl methyl sites for hydroxylation is 1. The number of alkyl halides is 3. The van der Waals surface area contributed by atoms with Gasteiger partial charge in [0.2, 0.25) is 0 Å². The van der Waals surface area contributed by atoms with E-state index in [9.17, 15) is 18.0 Å². The van der Waals surface area contributed by atoms with Gasteiger partial charge in [0.25, 0.3) is 5.91 Å². The summed E-state index contributed by atoms with van der Waals surface area (Å²) in [6.07, 6.45) is 1.29. The van der Waals surface area contributed by atoms with E-state index >= 15 is 0 Å². The van der Waals surface area contributed by atoms with Crippen LogP contribution in [0.1, 0.15) is 35.1 Å². The number of rotatable bonds is 3. The minimum Gasteiger partial charge on any atom is -0.342 e. The first-order chi connectivity index (χ1) is 17.7. The first-order valence-electron chi connectivity index (χ1n) is 12.3. The van der Waals surface area contributed by atoms with Crippen molar-refractivity contribution < 1.29 is 18.0 Å². The van der Waals surface area contributed by atoms with E-state index in [2.05, 4.69) is 26.9 Å². The lowest BCUT2D eigenvalue weighted by Gasteiger charge is -2.40. The van der Waals surface area contributed by atoms with E-state index in [1.165, 1.54) is 23.9 Å². The number of piperazine rings is 1. The van der Waals surface area contributed by atoms with Gasteiger partial charge in [-0.1, -0.05) is 23.8 Å². The highest BCUT2D eigenvalue weighted by Crippen LogP contribution is 2.38. The number of amides is 1. The third-order valence-electron chi connectivity index (χ3n) is 7.35. The summed E-state index contributed by atoms with van der Waals surface area (Å²) in [5, 5.41) is 5.94. The molecule has 6 rings (SSSR count). The summed E-state index contributed by atoms with van der Waals surface area (Å²) < 4.78 is 42.3. The summed E-state index contributed by atoms with van der Waals surface area (Å²) in [4.78, 5) is 22.3. The van der Waals surface area contributed by atoms with Gasteiger partial charge in [-0.15, -0.1) is 0 Å². The molecule has 2 fully saturated rings. The van der Waals surface area contributed by atoms with E-state index in [1.807, 2.05) is 24.3 Å². The fraction of sp³-hybridized carbons (Fsp3) is 0.370. The van der Waals surface area contributed by atoms with Crippen LogP contribution >= 0.6 is 11.8 Å². The molecule has 2 aromatic carbocycles. The minimum absolute atomic E-state index is 0.0119. The Kier molecular flexibility index (Phi) is 5.91. The van der Waals surface area contributed by atoms with Crippen LogP contribution in [0.2, 0.25) is 0 Å². The lowest BCUT2D eigenvalue weighted by atomic mass is 10.0. The number of likely N-dealkylation sites (N-methyl/N-ethyl adjacent to an activating group) is 1. The van der Waals surface area contributed by atoms with Gasteiger partial charge < -0.3 is 9.80 Å². The maximum Gasteiger partial charge on any atom is 0.416 e. The molecule has 10 heteroatoms. The normalized spacial score (nSPS) is 23.5. The largest absolute Gasteiger partial charge is 0.416 e. The Labute approximate surface area is 216 Å². The summed E-state index contributed by atoms with van der Waals surface area (Å²) in [5.74, 6) is -0.229. The number of nitrogens with zero attached hydrogens (tertiary/aromatic N) is 5. The predicted molar refractivity (Wildman–Crippen MR) is 139 cm³/mol. The molecular formula is C27H26F3N5OS. The Morgan fingerprint density at radius 2 is 1.86 bits per heavy atom. The Balaban J connectivity index is 1.22. The number of thioether (sulfide) groups is 1. The summed E-state index contributed by atoms with van der Waals surface area (Å²) in [6, 6.07) is 10.8. The Morgan fingerprint density at radius 3 is 2.59 bits per heavy atom. The standard InChI is InChI=1S/C27H26F3N5OS/c1-16-3-5-18(22(9-16)27(28,29)30)13-34-23-8-4-17(10-19(23)12-31-34)11-24-25(36)32-26(37-24)35-20-6-7-21(35)15-33(2)14-20/h3-5,8-12,20-21H,6-7,13-15H2,1-2H3/b24-11-/t20-,21+. The van der Waals surface area contributed by atoms with Crippen LogP contribution in [-0.4, -0.2) is 62.9 Å². The molecule has 3 aliphatic heterocycles. The summed E-state index contributed by atoms with van der Waals surface area (Å²) in [7, 11) is 2.14. The Morgan fingerprint density at radius 1 is 1.11 bits per heavy atom. The van der Waals surface area contributed by atoms with Crippen LogP contribution in [0.15, 0.2) is 52.5 Å². The van der Waals surface area contributed by atoms with E-state index in [1.54, 1.807) is 23.9 Å². The number of amidine groups is 1. The van der Waals surface area contributed by atoms with E-state index in [4.69, 9.17) is 0 Å². The number of likely N-dealkylation sites (tertiary alicyclic amines) is 1. The molecule has 37 heavy (non-hydrogen) atoms. The average Bonchev–Trinajstić information content (AvgIpc) is 3.48. The van der Waals surface area contributed by atoms with E-state index in [0.717, 1.165) is 47.6 Å². The molecule has 6 nitrogen and oxygen atoms in total. The van der Waals surface area contributed by atoms with Crippen molar-refractivity contribution in [3.63, 3.8) is 0 Å². The van der Waals surface area contributed by atoms with Gasteiger partial charge >= 0.3 is 6.18 Å².